The van der Waals surface area contributed by atoms with Crippen molar-refractivity contribution < 1.29 is 54.7 Å². The molecule has 1 heterocycles. The molecule has 13 heteroatoms. The van der Waals surface area contributed by atoms with E-state index in [4.69, 9.17) is 18.9 Å². The third kappa shape index (κ3) is 10.6. The number of rotatable bonds is 13. The van der Waals surface area contributed by atoms with Crippen LogP contribution in [0.5, 0.6) is 28.7 Å². The Bertz CT molecular complexity index is 1460. The molecule has 298 valence electrons. The van der Waals surface area contributed by atoms with Crippen molar-refractivity contribution in [3.8, 4) is 28.7 Å². The number of aliphatic hydroxyl groups excluding tert-OH is 5. The highest BCUT2D eigenvalue weighted by atomic mass is 33.1. The Labute approximate surface area is 321 Å². The van der Waals surface area contributed by atoms with E-state index in [1.807, 2.05) is 6.07 Å². The summed E-state index contributed by atoms with van der Waals surface area (Å²) in [6.45, 7) is 3.34. The molecule has 0 amide bonds. The zero-order valence-corrected chi connectivity index (χ0v) is 33.0. The van der Waals surface area contributed by atoms with Gasteiger partial charge in [0, 0.05) is 23.5 Å². The number of aliphatic hydroxyl groups is 5. The molecule has 2 aromatic carbocycles. The lowest BCUT2D eigenvalue weighted by atomic mass is 9.73. The third-order valence-electron chi connectivity index (χ3n) is 11.7. The van der Waals surface area contributed by atoms with Gasteiger partial charge in [-0.1, -0.05) is 41.9 Å². The fourth-order valence-electron chi connectivity index (χ4n) is 9.08. The molecule has 11 nitrogen and oxygen atoms in total. The largest absolute Gasteiger partial charge is 0.504 e. The van der Waals surface area contributed by atoms with Crippen LogP contribution in [-0.2, 0) is 17.6 Å². The van der Waals surface area contributed by atoms with E-state index in [9.17, 15) is 35.7 Å². The highest BCUT2D eigenvalue weighted by Gasteiger charge is 2.48. The second kappa shape index (κ2) is 19.7. The molecule has 2 aliphatic carbocycles. The van der Waals surface area contributed by atoms with Crippen LogP contribution in [0.2, 0.25) is 0 Å². The van der Waals surface area contributed by atoms with Crippen LogP contribution in [0.3, 0.4) is 0 Å². The summed E-state index contributed by atoms with van der Waals surface area (Å²) in [7, 11) is 4.34. The first kappa shape index (κ1) is 42.1. The van der Waals surface area contributed by atoms with Crippen LogP contribution in [0.1, 0.15) is 100.0 Å². The van der Waals surface area contributed by atoms with Crippen molar-refractivity contribution in [2.24, 2.45) is 23.2 Å². The Morgan fingerprint density at radius 1 is 0.906 bits per heavy atom. The van der Waals surface area contributed by atoms with Gasteiger partial charge in [0.15, 0.2) is 29.8 Å². The number of ether oxygens (including phenoxy) is 4. The summed E-state index contributed by atoms with van der Waals surface area (Å²) in [6, 6.07) is 6.84. The van der Waals surface area contributed by atoms with Gasteiger partial charge >= 0.3 is 0 Å². The van der Waals surface area contributed by atoms with Gasteiger partial charge in [0.2, 0.25) is 5.75 Å². The van der Waals surface area contributed by atoms with Crippen LogP contribution in [0.25, 0.3) is 0 Å². The Morgan fingerprint density at radius 2 is 1.70 bits per heavy atom. The molecule has 2 fully saturated rings. The molecule has 3 aliphatic rings. The number of phenolic OH excluding ortho intramolecular Hbond substituents is 2. The molecule has 8 atom stereocenters. The minimum atomic E-state index is -1.04. The van der Waals surface area contributed by atoms with Crippen LogP contribution in [0.15, 0.2) is 24.3 Å². The van der Waals surface area contributed by atoms with Crippen molar-refractivity contribution in [3.63, 3.8) is 0 Å². The van der Waals surface area contributed by atoms with E-state index >= 15 is 0 Å². The van der Waals surface area contributed by atoms with Gasteiger partial charge in [-0.25, -0.2) is 0 Å². The minimum Gasteiger partial charge on any atom is -0.504 e. The normalized spacial score (nSPS) is 29.7. The van der Waals surface area contributed by atoms with Gasteiger partial charge < -0.3 is 54.7 Å². The van der Waals surface area contributed by atoms with Gasteiger partial charge in [-0.05, 0) is 129 Å². The lowest BCUT2D eigenvalue weighted by Gasteiger charge is -2.33. The topological polar surface area (TPSA) is 179 Å². The highest BCUT2D eigenvalue weighted by Crippen LogP contribution is 2.57. The fraction of sp³-hybridized carbons (Fsp3) is 0.700. The molecule has 8 unspecified atom stereocenters. The van der Waals surface area contributed by atoms with Gasteiger partial charge in [-0.2, -0.15) is 0 Å². The van der Waals surface area contributed by atoms with Gasteiger partial charge in [-0.15, -0.1) is 0 Å². The van der Waals surface area contributed by atoms with Crippen LogP contribution < -0.4 is 14.2 Å². The van der Waals surface area contributed by atoms with Crippen LogP contribution in [-0.4, -0.2) is 93.2 Å². The molecule has 0 bridgehead atoms. The SMILES string of the molecule is COc1cc(CC2C(O)CSSC(CCO)c3cc(O)c(OC4CCC5(CCCC5CC(C)C)C4)cc3CCC(OCO)CC2O)cc(OCO)c1O. The number of fused-ring (bicyclic) bond motifs is 1. The van der Waals surface area contributed by atoms with E-state index in [-0.39, 0.29) is 59.6 Å². The molecule has 0 saturated heterocycles. The minimum absolute atomic E-state index is 0.0133. The summed E-state index contributed by atoms with van der Waals surface area (Å²) in [5.41, 5.74) is 2.75. The molecule has 2 aromatic rings. The Balaban J connectivity index is 1.39. The molecule has 0 radical (unpaired) electrons. The zero-order chi connectivity index (χ0) is 38.1. The van der Waals surface area contributed by atoms with Crippen LogP contribution in [0.4, 0.5) is 0 Å². The van der Waals surface area contributed by atoms with Crippen molar-refractivity contribution >= 4 is 21.6 Å². The van der Waals surface area contributed by atoms with E-state index in [0.717, 1.165) is 36.3 Å². The summed E-state index contributed by atoms with van der Waals surface area (Å²) in [6.07, 6.45) is 7.29. The molecule has 53 heavy (non-hydrogen) atoms. The van der Waals surface area contributed by atoms with Crippen molar-refractivity contribution in [2.75, 3.05) is 33.1 Å². The maximum Gasteiger partial charge on any atom is 0.200 e. The predicted octanol–water partition coefficient (Wildman–Crippen LogP) is 6.26. The average molecular weight is 781 g/mol. The molecular weight excluding hydrogens is 721 g/mol. The second-order valence-electron chi connectivity index (χ2n) is 15.6. The quantitative estimate of drug-likeness (QED) is 0.0897. The summed E-state index contributed by atoms with van der Waals surface area (Å²) < 4.78 is 22.9. The molecule has 5 rings (SSSR count). The highest BCUT2D eigenvalue weighted by molar-refractivity contribution is 8.76. The molecule has 7 N–H and O–H groups in total. The third-order valence-corrected chi connectivity index (χ3v) is 14.5. The fourth-order valence-corrected chi connectivity index (χ4v) is 12.0. The summed E-state index contributed by atoms with van der Waals surface area (Å²) in [5, 5.41) is 74.1. The number of benzene rings is 2. The number of phenols is 2. The van der Waals surface area contributed by atoms with E-state index < -0.39 is 37.8 Å². The Morgan fingerprint density at radius 3 is 2.42 bits per heavy atom. The molecule has 2 saturated carbocycles. The standard InChI is InChI=1S/C40H60O11S2/c1-24(2)13-27-5-4-10-40(27)11-8-29(20-40)51-35-17-26-6-7-28(49-22-42)18-32(44)31(14-25-15-36(48-3)39(47)37(16-25)50-23-43)34(46)21-52-53-38(9-12-41)30(26)19-33(35)45/h15-17,19,24,27-29,31-32,34,38,41-47H,4-14,18,20-23H2,1-3H3. The van der Waals surface area contributed by atoms with Crippen molar-refractivity contribution in [1.29, 1.82) is 0 Å². The molecule has 1 aliphatic heterocycles. The van der Waals surface area contributed by atoms with E-state index in [1.165, 1.54) is 54.4 Å². The first-order valence-electron chi connectivity index (χ1n) is 19.1. The first-order valence-corrected chi connectivity index (χ1v) is 21.5. The Hall–Kier alpha value is -2.10. The van der Waals surface area contributed by atoms with Gasteiger partial charge in [-0.3, -0.25) is 0 Å². The zero-order valence-electron chi connectivity index (χ0n) is 31.3. The van der Waals surface area contributed by atoms with Crippen molar-refractivity contribution in [2.45, 2.75) is 121 Å². The summed E-state index contributed by atoms with van der Waals surface area (Å²) >= 11 is 0. The van der Waals surface area contributed by atoms with E-state index in [1.54, 1.807) is 18.2 Å². The number of aryl methyl sites for hydroxylation is 1. The van der Waals surface area contributed by atoms with Gasteiger partial charge in [0.05, 0.1) is 31.5 Å². The maximum absolute atomic E-state index is 11.7. The molecule has 0 aromatic heterocycles. The predicted molar refractivity (Wildman–Crippen MR) is 207 cm³/mol. The average Bonchev–Trinajstić information content (AvgIpc) is 3.72. The second-order valence-corrected chi connectivity index (χ2v) is 18.2. The van der Waals surface area contributed by atoms with Crippen molar-refractivity contribution in [1.82, 2.24) is 0 Å². The van der Waals surface area contributed by atoms with Crippen LogP contribution >= 0.6 is 21.6 Å². The number of hydrogen-bond acceptors (Lipinski definition) is 13. The monoisotopic (exact) mass is 780 g/mol. The maximum atomic E-state index is 11.7. The van der Waals surface area contributed by atoms with Crippen LogP contribution in [0, 0.1) is 23.2 Å². The number of aromatic hydroxyl groups is 2. The lowest BCUT2D eigenvalue weighted by molar-refractivity contribution is -0.0808. The number of hydrogen-bond donors (Lipinski definition) is 7. The Kier molecular flexibility index (Phi) is 15.6. The molecular formula is C40H60O11S2. The summed E-state index contributed by atoms with van der Waals surface area (Å²) in [4.78, 5) is 0. The van der Waals surface area contributed by atoms with Gasteiger partial charge in [0.25, 0.3) is 0 Å². The van der Waals surface area contributed by atoms with Crippen molar-refractivity contribution in [3.05, 3.63) is 41.0 Å². The lowest BCUT2D eigenvalue weighted by Crippen LogP contribution is -2.38. The van der Waals surface area contributed by atoms with E-state index in [2.05, 4.69) is 13.8 Å². The molecule has 1 spiro atoms. The smallest absolute Gasteiger partial charge is 0.200 e. The van der Waals surface area contributed by atoms with E-state index in [0.29, 0.717) is 41.9 Å². The summed E-state index contributed by atoms with van der Waals surface area (Å²) in [5.74, 6) is 1.36. The van der Waals surface area contributed by atoms with Gasteiger partial charge in [0.1, 0.15) is 6.79 Å². The number of methoxy groups -OCH3 is 1. The first-order chi connectivity index (χ1) is 25.5.